The summed E-state index contributed by atoms with van der Waals surface area (Å²) in [5.74, 6) is 0. The van der Waals surface area contributed by atoms with Crippen molar-refractivity contribution < 1.29 is 0 Å². The Bertz CT molecular complexity index is 217. The fourth-order valence-corrected chi connectivity index (χ4v) is 0.970. The summed E-state index contributed by atoms with van der Waals surface area (Å²) in [5, 5.41) is 3.05. The first-order valence-electron chi connectivity index (χ1n) is 5.07. The minimum absolute atomic E-state index is 1.17. The van der Waals surface area contributed by atoms with Gasteiger partial charge >= 0.3 is 0 Å². The van der Waals surface area contributed by atoms with Crippen molar-refractivity contribution in [1.29, 1.82) is 0 Å². The molecule has 1 fully saturated rings. The van der Waals surface area contributed by atoms with Gasteiger partial charge in [-0.3, -0.25) is 0 Å². The Morgan fingerprint density at radius 1 is 0.923 bits per heavy atom. The predicted molar refractivity (Wildman–Crippen MR) is 59.2 cm³/mol. The smallest absolute Gasteiger partial charge is 0.0337 e. The van der Waals surface area contributed by atoms with Crippen LogP contribution in [0.5, 0.6) is 0 Å². The summed E-state index contributed by atoms with van der Waals surface area (Å²) in [6.07, 6.45) is 6.00. The van der Waals surface area contributed by atoms with Crippen LogP contribution in [0.3, 0.4) is 0 Å². The van der Waals surface area contributed by atoms with E-state index in [0.29, 0.717) is 0 Å². The zero-order chi connectivity index (χ0) is 9.52. The second kappa shape index (κ2) is 5.63. The highest BCUT2D eigenvalue weighted by Gasteiger charge is 1.95. The van der Waals surface area contributed by atoms with E-state index in [1.165, 1.54) is 36.9 Å². The third kappa shape index (κ3) is 3.97. The lowest BCUT2D eigenvalue weighted by Gasteiger charge is -2.05. The van der Waals surface area contributed by atoms with E-state index in [9.17, 15) is 0 Å². The van der Waals surface area contributed by atoms with E-state index in [1.54, 1.807) is 0 Å². The van der Waals surface area contributed by atoms with E-state index in [0.717, 1.165) is 0 Å². The van der Waals surface area contributed by atoms with Crippen LogP contribution in [0.25, 0.3) is 0 Å². The van der Waals surface area contributed by atoms with Gasteiger partial charge in [0, 0.05) is 12.7 Å². The maximum atomic E-state index is 3.05. The molecule has 1 aromatic carbocycles. The summed E-state index contributed by atoms with van der Waals surface area (Å²) in [5.41, 5.74) is 2.47. The van der Waals surface area contributed by atoms with E-state index in [2.05, 4.69) is 36.5 Å². The maximum Gasteiger partial charge on any atom is 0.0337 e. The van der Waals surface area contributed by atoms with Crippen molar-refractivity contribution in [3.8, 4) is 0 Å². The molecule has 0 amide bonds. The van der Waals surface area contributed by atoms with Crippen LogP contribution in [0, 0.1) is 6.92 Å². The second-order valence-electron chi connectivity index (χ2n) is 3.53. The van der Waals surface area contributed by atoms with Gasteiger partial charge in [-0.2, -0.15) is 0 Å². The average Bonchev–Trinajstić information content (AvgIpc) is 2.03. The zero-order valence-electron chi connectivity index (χ0n) is 8.64. The van der Waals surface area contributed by atoms with Crippen molar-refractivity contribution in [3.63, 3.8) is 0 Å². The van der Waals surface area contributed by atoms with Crippen molar-refractivity contribution >= 4 is 5.69 Å². The van der Waals surface area contributed by atoms with Gasteiger partial charge in [0.05, 0.1) is 0 Å². The van der Waals surface area contributed by atoms with Gasteiger partial charge in [-0.25, -0.2) is 0 Å². The fourth-order valence-electron chi connectivity index (χ4n) is 0.970. The molecule has 1 nitrogen and oxygen atoms in total. The van der Waals surface area contributed by atoms with E-state index >= 15 is 0 Å². The molecule has 1 aliphatic rings. The molecule has 0 atom stereocenters. The molecule has 1 N–H and O–H groups in total. The second-order valence-corrected chi connectivity index (χ2v) is 3.53. The maximum absolute atomic E-state index is 3.05. The number of benzene rings is 1. The normalized spacial score (nSPS) is 13.7. The minimum Gasteiger partial charge on any atom is -0.388 e. The van der Waals surface area contributed by atoms with Crippen molar-refractivity contribution in [2.45, 2.75) is 32.6 Å². The predicted octanol–water partition coefficient (Wildman–Crippen LogP) is 3.60. The van der Waals surface area contributed by atoms with Crippen molar-refractivity contribution in [1.82, 2.24) is 0 Å². The highest BCUT2D eigenvalue weighted by molar-refractivity contribution is 5.43. The lowest BCUT2D eigenvalue weighted by atomic mass is 10.0. The Morgan fingerprint density at radius 3 is 1.69 bits per heavy atom. The molecule has 1 aliphatic carbocycles. The van der Waals surface area contributed by atoms with Crippen LogP contribution in [-0.2, 0) is 0 Å². The van der Waals surface area contributed by atoms with Crippen molar-refractivity contribution in [3.05, 3.63) is 29.8 Å². The van der Waals surface area contributed by atoms with Crippen LogP contribution in [0.1, 0.15) is 31.2 Å². The van der Waals surface area contributed by atoms with Gasteiger partial charge in [-0.1, -0.05) is 43.4 Å². The molecule has 1 heteroatoms. The topological polar surface area (TPSA) is 12.0 Å². The van der Waals surface area contributed by atoms with Crippen molar-refractivity contribution in [2.75, 3.05) is 12.4 Å². The van der Waals surface area contributed by atoms with Gasteiger partial charge < -0.3 is 5.32 Å². The lowest BCUT2D eigenvalue weighted by molar-refractivity contribution is 0.504. The van der Waals surface area contributed by atoms with E-state index in [1.807, 2.05) is 7.05 Å². The molecule has 1 saturated carbocycles. The molecule has 2 rings (SSSR count). The number of nitrogens with one attached hydrogen (secondary N) is 1. The van der Waals surface area contributed by atoms with Crippen LogP contribution >= 0.6 is 0 Å². The van der Waals surface area contributed by atoms with Crippen LogP contribution in [-0.4, -0.2) is 7.05 Å². The lowest BCUT2D eigenvalue weighted by Crippen LogP contribution is -1.85. The van der Waals surface area contributed by atoms with Gasteiger partial charge in [0.1, 0.15) is 0 Å². The standard InChI is InChI=1S/C8H11N.C4H8/c1-7-3-5-8(9-2)6-4-7;1-2-4-3-1/h3-6,9H,1-2H3;1-4H2. The Kier molecular flexibility index (Phi) is 4.37. The molecular weight excluding hydrogens is 158 g/mol. The Morgan fingerprint density at radius 2 is 1.38 bits per heavy atom. The molecule has 0 bridgehead atoms. The summed E-state index contributed by atoms with van der Waals surface area (Å²) in [4.78, 5) is 0. The number of rotatable bonds is 1. The van der Waals surface area contributed by atoms with Gasteiger partial charge in [0.25, 0.3) is 0 Å². The molecule has 1 aromatic rings. The SMILES string of the molecule is C1CCC1.CNc1ccc(C)cc1. The molecule has 0 radical (unpaired) electrons. The first kappa shape index (κ1) is 10.1. The minimum atomic E-state index is 1.17. The van der Waals surface area contributed by atoms with Crippen LogP contribution in [0.15, 0.2) is 24.3 Å². The largest absolute Gasteiger partial charge is 0.388 e. The molecular formula is C12H19N. The van der Waals surface area contributed by atoms with Crippen LogP contribution in [0.4, 0.5) is 5.69 Å². The third-order valence-electron chi connectivity index (χ3n) is 2.34. The molecule has 0 unspecified atom stereocenters. The van der Waals surface area contributed by atoms with E-state index < -0.39 is 0 Å². The molecule has 13 heavy (non-hydrogen) atoms. The van der Waals surface area contributed by atoms with Gasteiger partial charge in [0.2, 0.25) is 0 Å². The van der Waals surface area contributed by atoms with Crippen molar-refractivity contribution in [2.24, 2.45) is 0 Å². The first-order valence-corrected chi connectivity index (χ1v) is 5.07. The summed E-state index contributed by atoms with van der Waals surface area (Å²) < 4.78 is 0. The average molecular weight is 177 g/mol. The fraction of sp³-hybridized carbons (Fsp3) is 0.500. The molecule has 72 valence electrons. The zero-order valence-corrected chi connectivity index (χ0v) is 8.64. The molecule has 0 spiro atoms. The number of hydrogen-bond donors (Lipinski definition) is 1. The Balaban J connectivity index is 0.000000175. The molecule has 0 aromatic heterocycles. The number of aryl methyl sites for hydroxylation is 1. The number of hydrogen-bond acceptors (Lipinski definition) is 1. The molecule has 0 heterocycles. The summed E-state index contributed by atoms with van der Waals surface area (Å²) >= 11 is 0. The van der Waals surface area contributed by atoms with E-state index in [-0.39, 0.29) is 0 Å². The summed E-state index contributed by atoms with van der Waals surface area (Å²) in [6, 6.07) is 8.31. The van der Waals surface area contributed by atoms with E-state index in [4.69, 9.17) is 0 Å². The molecule has 0 aliphatic heterocycles. The van der Waals surface area contributed by atoms with Gasteiger partial charge in [-0.05, 0) is 19.1 Å². The van der Waals surface area contributed by atoms with Crippen LogP contribution < -0.4 is 5.32 Å². The first-order chi connectivity index (χ1) is 6.33. The van der Waals surface area contributed by atoms with Crippen LogP contribution in [0.2, 0.25) is 0 Å². The Labute approximate surface area is 81.2 Å². The monoisotopic (exact) mass is 177 g/mol. The quantitative estimate of drug-likeness (QED) is 0.691. The third-order valence-corrected chi connectivity index (χ3v) is 2.34. The summed E-state index contributed by atoms with van der Waals surface area (Å²) in [6.45, 7) is 2.08. The Hall–Kier alpha value is -0.980. The number of anilines is 1. The van der Waals surface area contributed by atoms with Gasteiger partial charge in [-0.15, -0.1) is 0 Å². The summed E-state index contributed by atoms with van der Waals surface area (Å²) in [7, 11) is 1.92. The highest BCUT2D eigenvalue weighted by Crippen LogP contribution is 2.15. The van der Waals surface area contributed by atoms with Gasteiger partial charge in [0.15, 0.2) is 0 Å². The molecule has 0 saturated heterocycles. The highest BCUT2D eigenvalue weighted by atomic mass is 14.8.